The Balaban J connectivity index is 1.40. The van der Waals surface area contributed by atoms with Gasteiger partial charge in [0.15, 0.2) is 0 Å². The average molecular weight is 698 g/mol. The topological polar surface area (TPSA) is 144 Å². The van der Waals surface area contributed by atoms with Crippen LogP contribution in [-0.2, 0) is 14.8 Å². The maximum Gasteiger partial charge on any atom is 0.412 e. The predicted octanol–water partition coefficient (Wildman–Crippen LogP) is 7.66. The molecule has 0 aromatic heterocycles. The number of carbonyl (C=O) groups is 2. The number of likely N-dealkylation sites (tertiary alicyclic amines) is 1. The van der Waals surface area contributed by atoms with Gasteiger partial charge in [-0.2, -0.15) is 0 Å². The number of amides is 2. The van der Waals surface area contributed by atoms with Gasteiger partial charge in [-0.05, 0) is 80.8 Å². The number of carbonyl (C=O) groups excluding carboxylic acids is 2. The third-order valence-corrected chi connectivity index (χ3v) is 9.85. The van der Waals surface area contributed by atoms with Gasteiger partial charge >= 0.3 is 12.2 Å². The number of nitrogens with zero attached hydrogens (tertiary/aromatic N) is 1. The smallest absolute Gasteiger partial charge is 0.412 e. The normalized spacial score (nSPS) is 14.8. The van der Waals surface area contributed by atoms with Gasteiger partial charge in [0.25, 0.3) is 10.0 Å². The number of methoxy groups -OCH3 is 1. The molecule has 0 spiro atoms. The highest BCUT2D eigenvalue weighted by Crippen LogP contribution is 2.47. The Morgan fingerprint density at radius 1 is 0.920 bits per heavy atom. The van der Waals surface area contributed by atoms with E-state index in [0.29, 0.717) is 40.4 Å². The quantitative estimate of drug-likeness (QED) is 0.150. The molecule has 0 saturated carbocycles. The predicted molar refractivity (Wildman–Crippen MR) is 192 cm³/mol. The van der Waals surface area contributed by atoms with Crippen LogP contribution < -0.4 is 19.5 Å². The van der Waals surface area contributed by atoms with Crippen molar-refractivity contribution in [1.29, 1.82) is 0 Å². The number of phenols is 1. The molecule has 1 fully saturated rings. The lowest BCUT2D eigenvalue weighted by Gasteiger charge is -2.28. The van der Waals surface area contributed by atoms with Crippen LogP contribution in [0.4, 0.5) is 15.3 Å². The third-order valence-electron chi connectivity index (χ3n) is 8.47. The summed E-state index contributed by atoms with van der Waals surface area (Å²) in [5.74, 6) is 0.535. The van der Waals surface area contributed by atoms with Crippen LogP contribution in [0.1, 0.15) is 33.6 Å². The first kappa shape index (κ1) is 34.4. The molecule has 11 nitrogen and oxygen atoms in total. The molecule has 0 bridgehead atoms. The molecule has 1 atom stereocenters. The van der Waals surface area contributed by atoms with E-state index in [9.17, 15) is 23.1 Å². The number of anilines is 1. The summed E-state index contributed by atoms with van der Waals surface area (Å²) >= 11 is 0. The van der Waals surface area contributed by atoms with Crippen LogP contribution in [0.2, 0.25) is 0 Å². The van der Waals surface area contributed by atoms with E-state index in [1.165, 1.54) is 19.2 Å². The van der Waals surface area contributed by atoms with Crippen LogP contribution in [0.3, 0.4) is 0 Å². The number of nitrogens with one attached hydrogen (secondary N) is 2. The van der Waals surface area contributed by atoms with E-state index < -0.39 is 27.8 Å². The zero-order valence-electron chi connectivity index (χ0n) is 28.2. The number of rotatable bonds is 8. The number of sulfonamides is 1. The molecule has 1 aliphatic rings. The second kappa shape index (κ2) is 13.8. The van der Waals surface area contributed by atoms with Crippen molar-refractivity contribution in [2.75, 3.05) is 24.9 Å². The van der Waals surface area contributed by atoms with Crippen molar-refractivity contribution in [3.8, 4) is 28.4 Å². The first-order valence-corrected chi connectivity index (χ1v) is 17.7. The Labute approximate surface area is 290 Å². The van der Waals surface area contributed by atoms with Crippen LogP contribution in [0.25, 0.3) is 32.7 Å². The first-order valence-electron chi connectivity index (χ1n) is 16.2. The van der Waals surface area contributed by atoms with Crippen LogP contribution in [0, 0.1) is 0 Å². The molecule has 1 aliphatic heterocycles. The lowest BCUT2D eigenvalue weighted by Crippen LogP contribution is -2.45. The Kier molecular flexibility index (Phi) is 9.48. The fourth-order valence-electron chi connectivity index (χ4n) is 6.17. The third kappa shape index (κ3) is 7.25. The standard InChI is InChI=1S/C38H39N3O8S/c1-38(2,3)49-37(44)41-21-9-11-25(41)23-39-36(43)48-35-30-14-8-7-13-29(30)32(40-50(45,46)27-18-16-26(47-4)17-19-27)22-31(35)34-28-12-6-5-10-24(28)15-20-33(34)42/h5-8,10,12-20,22,25,40,42H,9,11,21,23H2,1-4H3,(H,39,43)/t25-/m1/s1. The van der Waals surface area contributed by atoms with Gasteiger partial charge in [-0.3, -0.25) is 4.72 Å². The molecule has 0 radical (unpaired) electrons. The lowest BCUT2D eigenvalue weighted by molar-refractivity contribution is 0.0226. The van der Waals surface area contributed by atoms with Crippen molar-refractivity contribution < 1.29 is 37.3 Å². The maximum absolute atomic E-state index is 13.7. The number of fused-ring (bicyclic) bond motifs is 2. The molecule has 5 aromatic rings. The lowest BCUT2D eigenvalue weighted by atomic mass is 9.93. The Morgan fingerprint density at radius 2 is 1.60 bits per heavy atom. The number of hydrogen-bond acceptors (Lipinski definition) is 8. The van der Waals surface area contributed by atoms with Gasteiger partial charge in [0.1, 0.15) is 22.8 Å². The van der Waals surface area contributed by atoms with Crippen LogP contribution >= 0.6 is 0 Å². The van der Waals surface area contributed by atoms with E-state index in [-0.39, 0.29) is 40.2 Å². The fourth-order valence-corrected chi connectivity index (χ4v) is 7.24. The summed E-state index contributed by atoms with van der Waals surface area (Å²) in [7, 11) is -2.59. The number of aromatic hydroxyl groups is 1. The van der Waals surface area contributed by atoms with Crippen molar-refractivity contribution in [3.63, 3.8) is 0 Å². The van der Waals surface area contributed by atoms with Crippen LogP contribution in [-0.4, -0.2) is 62.5 Å². The summed E-state index contributed by atoms with van der Waals surface area (Å²) in [5, 5.41) is 16.5. The maximum atomic E-state index is 13.7. The first-order chi connectivity index (χ1) is 23.8. The molecule has 2 amide bonds. The van der Waals surface area contributed by atoms with Gasteiger partial charge in [0.05, 0.1) is 23.7 Å². The van der Waals surface area contributed by atoms with Gasteiger partial charge in [-0.1, -0.05) is 54.6 Å². The molecular weight excluding hydrogens is 658 g/mol. The highest BCUT2D eigenvalue weighted by molar-refractivity contribution is 7.92. The fraction of sp³-hybridized carbons (Fsp3) is 0.263. The van der Waals surface area contributed by atoms with E-state index in [2.05, 4.69) is 10.0 Å². The second-order valence-corrected chi connectivity index (χ2v) is 14.7. The van der Waals surface area contributed by atoms with Crippen molar-refractivity contribution in [3.05, 3.63) is 91.0 Å². The van der Waals surface area contributed by atoms with E-state index in [4.69, 9.17) is 14.2 Å². The Bertz CT molecular complexity index is 2180. The van der Waals surface area contributed by atoms with Crippen molar-refractivity contribution in [2.45, 2.75) is 50.2 Å². The van der Waals surface area contributed by atoms with E-state index in [1.807, 2.05) is 24.3 Å². The summed E-state index contributed by atoms with van der Waals surface area (Å²) in [6.07, 6.45) is 0.228. The summed E-state index contributed by atoms with van der Waals surface area (Å²) in [5.41, 5.74) is 0.201. The summed E-state index contributed by atoms with van der Waals surface area (Å²) in [4.78, 5) is 28.0. The monoisotopic (exact) mass is 697 g/mol. The minimum absolute atomic E-state index is 0.0176. The molecule has 3 N–H and O–H groups in total. The molecule has 0 unspecified atom stereocenters. The van der Waals surface area contributed by atoms with E-state index in [1.54, 1.807) is 80.3 Å². The minimum Gasteiger partial charge on any atom is -0.507 e. The highest BCUT2D eigenvalue weighted by Gasteiger charge is 2.33. The van der Waals surface area contributed by atoms with E-state index >= 15 is 0 Å². The van der Waals surface area contributed by atoms with Crippen LogP contribution in [0.5, 0.6) is 17.2 Å². The molecule has 0 aliphatic carbocycles. The van der Waals surface area contributed by atoms with Crippen molar-refractivity contribution >= 4 is 49.4 Å². The molecule has 6 rings (SSSR count). The van der Waals surface area contributed by atoms with E-state index in [0.717, 1.165) is 11.8 Å². The largest absolute Gasteiger partial charge is 0.507 e. The zero-order valence-corrected chi connectivity index (χ0v) is 29.0. The molecule has 260 valence electrons. The average Bonchev–Trinajstić information content (AvgIpc) is 3.57. The SMILES string of the molecule is COc1ccc(S(=O)(=O)Nc2cc(-c3c(O)ccc4ccccc34)c(OC(=O)NC[C@H]3CCCN3C(=O)OC(C)(C)C)c3ccccc23)cc1. The summed E-state index contributed by atoms with van der Waals surface area (Å²) < 4.78 is 46.8. The van der Waals surface area contributed by atoms with Gasteiger partial charge < -0.3 is 29.5 Å². The zero-order chi connectivity index (χ0) is 35.6. The molecule has 1 saturated heterocycles. The number of phenolic OH excluding ortho intramolecular Hbond substituents is 1. The van der Waals surface area contributed by atoms with Gasteiger partial charge in [0.2, 0.25) is 0 Å². The number of ether oxygens (including phenoxy) is 3. The molecule has 1 heterocycles. The summed E-state index contributed by atoms with van der Waals surface area (Å²) in [6.45, 7) is 6.05. The Hall–Kier alpha value is -5.49. The molecule has 5 aromatic carbocycles. The Morgan fingerprint density at radius 3 is 2.30 bits per heavy atom. The van der Waals surface area contributed by atoms with Crippen LogP contribution in [0.15, 0.2) is 95.9 Å². The highest BCUT2D eigenvalue weighted by atomic mass is 32.2. The molecular formula is C38H39N3O8S. The second-order valence-electron chi connectivity index (χ2n) is 13.0. The molecule has 50 heavy (non-hydrogen) atoms. The van der Waals surface area contributed by atoms with Crippen molar-refractivity contribution in [1.82, 2.24) is 10.2 Å². The van der Waals surface area contributed by atoms with Gasteiger partial charge in [-0.25, -0.2) is 18.0 Å². The molecule has 12 heteroatoms. The number of hydrogen-bond donors (Lipinski definition) is 3. The van der Waals surface area contributed by atoms with Gasteiger partial charge in [-0.15, -0.1) is 0 Å². The van der Waals surface area contributed by atoms with Gasteiger partial charge in [0, 0.05) is 35.0 Å². The van der Waals surface area contributed by atoms with Crippen molar-refractivity contribution in [2.24, 2.45) is 0 Å². The summed E-state index contributed by atoms with van der Waals surface area (Å²) in [6, 6.07) is 24.9. The minimum atomic E-state index is -4.09. The number of benzene rings is 5.